The molecule has 9 nitrogen and oxygen atoms in total. The van der Waals surface area contributed by atoms with E-state index in [1.165, 1.54) is 0 Å². The molecule has 1 unspecified atom stereocenters. The molecule has 1 aromatic heterocycles. The van der Waals surface area contributed by atoms with Crippen LogP contribution < -0.4 is 26.4 Å². The molecule has 0 saturated carbocycles. The van der Waals surface area contributed by atoms with Gasteiger partial charge in [-0.3, -0.25) is 10.1 Å². The van der Waals surface area contributed by atoms with Crippen LogP contribution in [0.25, 0.3) is 10.8 Å². The summed E-state index contributed by atoms with van der Waals surface area (Å²) in [4.78, 5) is 30.0. The standard InChI is InChI=1S/C29H29N5O4/c1-2-37-25-16-21-7-6-19(25)11-13-38-29(36)34-22-5-3-4-18(14-22)17-32-28(35)26(21)33-23-8-9-24-20(15-23)10-12-31-27(24)30/h3-10,12,14-16,26,33H,2,11,13,17H2,1H3,(H2,30,31)(H,32,35)(H,34,36). The SMILES string of the molecule is CCOc1cc2ccc1CCOC(=O)Nc1cccc(c1)CNC(=O)C2Nc1ccc2c(N)nccc2c1. The Morgan fingerprint density at radius 2 is 2.00 bits per heavy atom. The van der Waals surface area contributed by atoms with Gasteiger partial charge in [-0.25, -0.2) is 9.78 Å². The highest BCUT2D eigenvalue weighted by Gasteiger charge is 2.23. The highest BCUT2D eigenvalue weighted by molar-refractivity contribution is 5.94. The van der Waals surface area contributed by atoms with Crippen LogP contribution in [0.3, 0.4) is 0 Å². The maximum atomic E-state index is 13.6. The molecule has 0 spiro atoms. The van der Waals surface area contributed by atoms with Crippen LogP contribution in [0.5, 0.6) is 5.75 Å². The van der Waals surface area contributed by atoms with E-state index in [0.29, 0.717) is 30.3 Å². The van der Waals surface area contributed by atoms with Crippen LogP contribution >= 0.6 is 0 Å². The lowest BCUT2D eigenvalue weighted by atomic mass is 10.0. The van der Waals surface area contributed by atoms with Gasteiger partial charge in [0.25, 0.3) is 0 Å². The number of pyridine rings is 1. The van der Waals surface area contributed by atoms with Gasteiger partial charge in [0.2, 0.25) is 5.91 Å². The number of anilines is 3. The van der Waals surface area contributed by atoms with Crippen LogP contribution in [0.15, 0.2) is 72.9 Å². The fourth-order valence-corrected chi connectivity index (χ4v) is 4.46. The van der Waals surface area contributed by atoms with Crippen molar-refractivity contribution in [2.75, 3.05) is 29.6 Å². The van der Waals surface area contributed by atoms with Crippen LogP contribution in [0.4, 0.5) is 22.0 Å². The van der Waals surface area contributed by atoms with E-state index in [-0.39, 0.29) is 19.1 Å². The third-order valence-electron chi connectivity index (χ3n) is 6.34. The van der Waals surface area contributed by atoms with Crippen molar-refractivity contribution >= 4 is 40.0 Å². The number of carbonyl (C=O) groups excluding carboxylic acids is 2. The number of amides is 2. The molecule has 0 radical (unpaired) electrons. The molecule has 3 aromatic carbocycles. The van der Waals surface area contributed by atoms with Gasteiger partial charge < -0.3 is 25.8 Å². The molecule has 5 N–H and O–H groups in total. The van der Waals surface area contributed by atoms with Gasteiger partial charge in [0.1, 0.15) is 17.6 Å². The van der Waals surface area contributed by atoms with Gasteiger partial charge in [-0.1, -0.05) is 24.3 Å². The topological polar surface area (TPSA) is 128 Å². The van der Waals surface area contributed by atoms with Crippen molar-refractivity contribution in [2.24, 2.45) is 0 Å². The van der Waals surface area contributed by atoms with Crippen molar-refractivity contribution in [3.8, 4) is 5.75 Å². The number of hydrogen-bond donors (Lipinski definition) is 4. The lowest BCUT2D eigenvalue weighted by Crippen LogP contribution is -2.33. The first-order valence-electron chi connectivity index (χ1n) is 12.5. The molecule has 4 aromatic rings. The number of rotatable bonds is 4. The largest absolute Gasteiger partial charge is 0.494 e. The molecule has 9 heteroatoms. The summed E-state index contributed by atoms with van der Waals surface area (Å²) >= 11 is 0. The average Bonchev–Trinajstić information content (AvgIpc) is 2.91. The minimum atomic E-state index is -0.702. The zero-order chi connectivity index (χ0) is 26.5. The Balaban J connectivity index is 1.52. The summed E-state index contributed by atoms with van der Waals surface area (Å²) in [6.07, 6.45) is 1.59. The smallest absolute Gasteiger partial charge is 0.411 e. The summed E-state index contributed by atoms with van der Waals surface area (Å²) in [5.74, 6) is 0.888. The molecule has 2 aliphatic heterocycles. The molecule has 4 bridgehead atoms. The van der Waals surface area contributed by atoms with Crippen molar-refractivity contribution in [1.82, 2.24) is 10.3 Å². The van der Waals surface area contributed by atoms with Gasteiger partial charge in [0.15, 0.2) is 0 Å². The van der Waals surface area contributed by atoms with Gasteiger partial charge in [0.05, 0.1) is 13.2 Å². The minimum Gasteiger partial charge on any atom is -0.494 e. The molecule has 38 heavy (non-hydrogen) atoms. The number of aromatic nitrogens is 1. The van der Waals surface area contributed by atoms with Crippen molar-refractivity contribution in [2.45, 2.75) is 25.9 Å². The van der Waals surface area contributed by atoms with E-state index in [4.69, 9.17) is 15.2 Å². The average molecular weight is 512 g/mol. The van der Waals surface area contributed by atoms with E-state index in [9.17, 15) is 9.59 Å². The third-order valence-corrected chi connectivity index (χ3v) is 6.34. The number of nitrogens with two attached hydrogens (primary N) is 1. The lowest BCUT2D eigenvalue weighted by molar-refractivity contribution is -0.122. The number of nitrogen functional groups attached to an aromatic ring is 1. The summed E-state index contributed by atoms with van der Waals surface area (Å²) in [6.45, 7) is 2.81. The van der Waals surface area contributed by atoms with Gasteiger partial charge in [0, 0.05) is 35.9 Å². The number of hydrogen-bond acceptors (Lipinski definition) is 7. The van der Waals surface area contributed by atoms with Crippen LogP contribution in [0.2, 0.25) is 0 Å². The van der Waals surface area contributed by atoms with E-state index < -0.39 is 12.1 Å². The summed E-state index contributed by atoms with van der Waals surface area (Å²) in [5, 5.41) is 10.9. The first-order chi connectivity index (χ1) is 18.5. The van der Waals surface area contributed by atoms with Crippen LogP contribution in [0, 0.1) is 0 Å². The molecule has 0 saturated heterocycles. The number of benzene rings is 3. The number of carbonyl (C=O) groups is 2. The van der Waals surface area contributed by atoms with Crippen LogP contribution in [0.1, 0.15) is 29.7 Å². The highest BCUT2D eigenvalue weighted by atomic mass is 16.5. The van der Waals surface area contributed by atoms with Crippen LogP contribution in [-0.4, -0.2) is 30.2 Å². The van der Waals surface area contributed by atoms with Gasteiger partial charge >= 0.3 is 6.09 Å². The molecule has 1 atom stereocenters. The lowest BCUT2D eigenvalue weighted by Gasteiger charge is -2.22. The maximum Gasteiger partial charge on any atom is 0.411 e. The molecule has 194 valence electrons. The van der Waals surface area contributed by atoms with E-state index in [0.717, 1.165) is 33.2 Å². The summed E-state index contributed by atoms with van der Waals surface area (Å²) in [7, 11) is 0. The van der Waals surface area contributed by atoms with E-state index in [1.54, 1.807) is 18.3 Å². The molecule has 2 amide bonds. The third kappa shape index (κ3) is 5.62. The number of nitrogens with zero attached hydrogens (tertiary/aromatic N) is 1. The Bertz CT molecular complexity index is 1490. The molecule has 3 heterocycles. The number of nitrogens with one attached hydrogen (secondary N) is 3. The highest BCUT2D eigenvalue weighted by Crippen LogP contribution is 2.30. The Kier molecular flexibility index (Phi) is 7.26. The Labute approximate surface area is 220 Å². The zero-order valence-corrected chi connectivity index (χ0v) is 21.0. The van der Waals surface area contributed by atoms with Crippen molar-refractivity contribution in [1.29, 1.82) is 0 Å². The minimum absolute atomic E-state index is 0.183. The second kappa shape index (κ2) is 11.1. The summed E-state index contributed by atoms with van der Waals surface area (Å²) in [6, 6.07) is 19.8. The first kappa shape index (κ1) is 24.9. The fraction of sp³-hybridized carbons (Fsp3) is 0.207. The fourth-order valence-electron chi connectivity index (χ4n) is 4.46. The monoisotopic (exact) mass is 511 g/mol. The van der Waals surface area contributed by atoms with Crippen molar-refractivity contribution in [3.05, 3.63) is 89.6 Å². The molecule has 0 fully saturated rings. The van der Waals surface area contributed by atoms with Gasteiger partial charge in [-0.15, -0.1) is 0 Å². The predicted octanol–water partition coefficient (Wildman–Crippen LogP) is 4.79. The van der Waals surface area contributed by atoms with E-state index in [2.05, 4.69) is 20.9 Å². The second-order valence-corrected chi connectivity index (χ2v) is 8.94. The first-order valence-corrected chi connectivity index (χ1v) is 12.5. The Morgan fingerprint density at radius 3 is 2.87 bits per heavy atom. The van der Waals surface area contributed by atoms with Crippen LogP contribution in [-0.2, 0) is 22.5 Å². The quantitative estimate of drug-likeness (QED) is 0.310. The number of ether oxygens (including phenoxy) is 2. The predicted molar refractivity (Wildman–Crippen MR) is 147 cm³/mol. The van der Waals surface area contributed by atoms with Crippen molar-refractivity contribution < 1.29 is 19.1 Å². The van der Waals surface area contributed by atoms with Gasteiger partial charge in [-0.2, -0.15) is 0 Å². The Hall–Kier alpha value is -4.79. The summed E-state index contributed by atoms with van der Waals surface area (Å²) < 4.78 is 11.3. The normalized spacial score (nSPS) is 15.9. The molecular weight excluding hydrogens is 482 g/mol. The molecule has 0 aliphatic carbocycles. The van der Waals surface area contributed by atoms with E-state index >= 15 is 0 Å². The number of fused-ring (bicyclic) bond motifs is 10. The molecular formula is C29H29N5O4. The zero-order valence-electron chi connectivity index (χ0n) is 21.0. The van der Waals surface area contributed by atoms with Crippen molar-refractivity contribution in [3.63, 3.8) is 0 Å². The Morgan fingerprint density at radius 1 is 1.11 bits per heavy atom. The molecule has 6 rings (SSSR count). The second-order valence-electron chi connectivity index (χ2n) is 8.94. The maximum absolute atomic E-state index is 13.6. The summed E-state index contributed by atoms with van der Waals surface area (Å²) in [5.41, 5.74) is 9.82. The van der Waals surface area contributed by atoms with E-state index in [1.807, 2.05) is 61.5 Å². The molecule has 2 aliphatic rings. The van der Waals surface area contributed by atoms with Gasteiger partial charge in [-0.05, 0) is 71.5 Å².